The molecule has 10 heteroatoms. The fourth-order valence-corrected chi connectivity index (χ4v) is 3.93. The van der Waals surface area contributed by atoms with E-state index in [2.05, 4.69) is 10.7 Å². The van der Waals surface area contributed by atoms with Crippen LogP contribution in [0.3, 0.4) is 0 Å². The van der Waals surface area contributed by atoms with E-state index in [4.69, 9.17) is 9.15 Å². The second-order valence-corrected chi connectivity index (χ2v) is 7.53. The van der Waals surface area contributed by atoms with Gasteiger partial charge in [0.1, 0.15) is 16.9 Å². The number of nitrogens with zero attached hydrogens (tertiary/aromatic N) is 1. The van der Waals surface area contributed by atoms with Crippen LogP contribution >= 0.6 is 0 Å². The molecule has 1 aromatic heterocycles. The average molecular weight is 415 g/mol. The molecule has 2 aromatic rings. The van der Waals surface area contributed by atoms with Crippen LogP contribution in [0.4, 0.5) is 4.79 Å². The van der Waals surface area contributed by atoms with Gasteiger partial charge in [0, 0.05) is 17.0 Å². The number of hydrogen-bond donors (Lipinski definition) is 3. The Morgan fingerprint density at radius 3 is 2.77 bits per heavy atom. The van der Waals surface area contributed by atoms with Crippen molar-refractivity contribution < 1.29 is 33.4 Å². The molecule has 0 unspecified atom stereocenters. The van der Waals surface area contributed by atoms with Crippen LogP contribution in [-0.2, 0) is 25.5 Å². The van der Waals surface area contributed by atoms with E-state index in [1.807, 2.05) is 0 Å². The lowest BCUT2D eigenvalue weighted by Gasteiger charge is -2.30. The van der Waals surface area contributed by atoms with Gasteiger partial charge in [-0.05, 0) is 25.0 Å². The standard InChI is InChI=1S/C20H21N3O7/c24-13-4-5-14-12(10-29-15(14)9-13)8-17(26)30-11-16(25)22-23-18(27)20(21-19(23)28)6-2-1-3-7-20/h4-5,9-10,24H,1-3,6-8,11H2,(H,21,28)(H,22,25). The Kier molecular flexibility index (Phi) is 5.06. The van der Waals surface area contributed by atoms with E-state index >= 15 is 0 Å². The van der Waals surface area contributed by atoms with Crippen LogP contribution in [0.1, 0.15) is 37.7 Å². The molecule has 3 N–H and O–H groups in total. The summed E-state index contributed by atoms with van der Waals surface area (Å²) in [5.41, 5.74) is 2.23. The highest BCUT2D eigenvalue weighted by Crippen LogP contribution is 2.33. The summed E-state index contributed by atoms with van der Waals surface area (Å²) in [6, 6.07) is 3.82. The summed E-state index contributed by atoms with van der Waals surface area (Å²) < 4.78 is 10.2. The molecule has 1 saturated heterocycles. The van der Waals surface area contributed by atoms with Crippen molar-refractivity contribution in [3.05, 3.63) is 30.0 Å². The third kappa shape index (κ3) is 3.68. The van der Waals surface area contributed by atoms with E-state index in [0.29, 0.717) is 34.4 Å². The Bertz CT molecular complexity index is 1020. The van der Waals surface area contributed by atoms with Gasteiger partial charge in [0.25, 0.3) is 11.8 Å². The molecular weight excluding hydrogens is 394 g/mol. The maximum atomic E-state index is 12.6. The van der Waals surface area contributed by atoms with Crippen LogP contribution in [0, 0.1) is 0 Å². The first-order chi connectivity index (χ1) is 14.4. The molecule has 0 bridgehead atoms. The van der Waals surface area contributed by atoms with E-state index in [0.717, 1.165) is 19.3 Å². The van der Waals surface area contributed by atoms with Gasteiger partial charge in [0.2, 0.25) is 0 Å². The minimum atomic E-state index is -0.948. The molecule has 2 aliphatic rings. The number of nitrogens with one attached hydrogen (secondary N) is 2. The smallest absolute Gasteiger partial charge is 0.344 e. The van der Waals surface area contributed by atoms with Crippen molar-refractivity contribution in [2.75, 3.05) is 6.61 Å². The normalized spacial score (nSPS) is 17.9. The number of carbonyl (C=O) groups is 4. The zero-order valence-electron chi connectivity index (χ0n) is 16.1. The van der Waals surface area contributed by atoms with Crippen molar-refractivity contribution in [3.63, 3.8) is 0 Å². The van der Waals surface area contributed by atoms with Gasteiger partial charge in [-0.2, -0.15) is 5.01 Å². The Hall–Kier alpha value is -3.56. The lowest BCUT2D eigenvalue weighted by atomic mass is 9.82. The highest BCUT2D eigenvalue weighted by atomic mass is 16.5. The first kappa shape index (κ1) is 19.7. The van der Waals surface area contributed by atoms with Gasteiger partial charge in [-0.25, -0.2) is 4.79 Å². The molecule has 30 heavy (non-hydrogen) atoms. The number of ether oxygens (including phenoxy) is 1. The molecule has 1 spiro atoms. The van der Waals surface area contributed by atoms with Crippen LogP contribution in [-0.4, -0.2) is 46.1 Å². The van der Waals surface area contributed by atoms with Gasteiger partial charge in [-0.15, -0.1) is 0 Å². The average Bonchev–Trinajstić information content (AvgIpc) is 3.20. The Balaban J connectivity index is 1.30. The third-order valence-electron chi connectivity index (χ3n) is 5.44. The number of hydrogen-bond acceptors (Lipinski definition) is 7. The second kappa shape index (κ2) is 7.69. The first-order valence-electron chi connectivity index (χ1n) is 9.69. The Labute approximate surface area is 171 Å². The van der Waals surface area contributed by atoms with Crippen molar-refractivity contribution in [1.29, 1.82) is 0 Å². The van der Waals surface area contributed by atoms with E-state index in [-0.39, 0.29) is 12.2 Å². The molecule has 2 heterocycles. The molecule has 158 valence electrons. The zero-order valence-corrected chi connectivity index (χ0v) is 16.1. The van der Waals surface area contributed by atoms with Gasteiger partial charge >= 0.3 is 12.0 Å². The van der Waals surface area contributed by atoms with Crippen molar-refractivity contribution in [2.24, 2.45) is 0 Å². The molecule has 1 saturated carbocycles. The molecular formula is C20H21N3O7. The van der Waals surface area contributed by atoms with E-state index in [9.17, 15) is 24.3 Å². The van der Waals surface area contributed by atoms with Gasteiger partial charge in [0.15, 0.2) is 6.61 Å². The maximum Gasteiger partial charge on any atom is 0.344 e. The monoisotopic (exact) mass is 415 g/mol. The second-order valence-electron chi connectivity index (χ2n) is 7.53. The van der Waals surface area contributed by atoms with Gasteiger partial charge in [-0.3, -0.25) is 19.8 Å². The molecule has 2 fully saturated rings. The summed E-state index contributed by atoms with van der Waals surface area (Å²) in [6.07, 6.45) is 4.96. The number of fused-ring (bicyclic) bond motifs is 1. The van der Waals surface area contributed by atoms with E-state index in [1.165, 1.54) is 18.4 Å². The van der Waals surface area contributed by atoms with E-state index < -0.39 is 36.0 Å². The Morgan fingerprint density at radius 1 is 1.23 bits per heavy atom. The number of carbonyl (C=O) groups excluding carboxylic acids is 4. The van der Waals surface area contributed by atoms with Crippen molar-refractivity contribution in [1.82, 2.24) is 15.8 Å². The summed E-state index contributed by atoms with van der Waals surface area (Å²) in [5.74, 6) is -1.92. The number of imide groups is 1. The number of urea groups is 1. The molecule has 1 aliphatic carbocycles. The summed E-state index contributed by atoms with van der Waals surface area (Å²) in [6.45, 7) is -0.639. The lowest BCUT2D eigenvalue weighted by molar-refractivity contribution is -0.150. The maximum absolute atomic E-state index is 12.6. The molecule has 0 radical (unpaired) electrons. The van der Waals surface area contributed by atoms with Crippen molar-refractivity contribution in [2.45, 2.75) is 44.1 Å². The predicted molar refractivity (Wildman–Crippen MR) is 102 cm³/mol. The zero-order chi connectivity index (χ0) is 21.3. The predicted octanol–water partition coefficient (Wildman–Crippen LogP) is 1.51. The van der Waals surface area contributed by atoms with Crippen LogP contribution in [0.2, 0.25) is 0 Å². The number of esters is 1. The fourth-order valence-electron chi connectivity index (χ4n) is 3.93. The van der Waals surface area contributed by atoms with Gasteiger partial charge < -0.3 is 19.6 Å². The SMILES string of the molecule is O=C(COC(=O)Cc1coc2cc(O)ccc12)NN1C(=O)NC2(CCCCC2)C1=O. The summed E-state index contributed by atoms with van der Waals surface area (Å²) >= 11 is 0. The van der Waals surface area contributed by atoms with Crippen LogP contribution in [0.15, 0.2) is 28.9 Å². The lowest BCUT2D eigenvalue weighted by Crippen LogP contribution is -2.51. The number of phenols is 1. The van der Waals surface area contributed by atoms with Gasteiger partial charge in [-0.1, -0.05) is 19.3 Å². The van der Waals surface area contributed by atoms with Gasteiger partial charge in [0.05, 0.1) is 12.7 Å². The number of hydrazine groups is 1. The number of aromatic hydroxyl groups is 1. The number of rotatable bonds is 5. The molecule has 10 nitrogen and oxygen atoms in total. The van der Waals surface area contributed by atoms with Crippen LogP contribution in [0.5, 0.6) is 5.75 Å². The topological polar surface area (TPSA) is 138 Å². The van der Waals surface area contributed by atoms with Crippen molar-refractivity contribution >= 4 is 34.8 Å². The van der Waals surface area contributed by atoms with Crippen molar-refractivity contribution in [3.8, 4) is 5.75 Å². The number of benzene rings is 1. The quantitative estimate of drug-likeness (QED) is 0.497. The molecule has 0 atom stereocenters. The largest absolute Gasteiger partial charge is 0.508 e. The summed E-state index contributed by atoms with van der Waals surface area (Å²) in [4.78, 5) is 48.9. The molecule has 1 aromatic carbocycles. The summed E-state index contributed by atoms with van der Waals surface area (Å²) in [7, 11) is 0. The highest BCUT2D eigenvalue weighted by Gasteiger charge is 2.52. The molecule has 4 amide bonds. The minimum absolute atomic E-state index is 0.0400. The number of furan rings is 1. The number of amides is 4. The number of phenolic OH excluding ortho intramolecular Hbond substituents is 1. The third-order valence-corrected chi connectivity index (χ3v) is 5.44. The van der Waals surface area contributed by atoms with Crippen LogP contribution in [0.25, 0.3) is 11.0 Å². The van der Waals surface area contributed by atoms with E-state index in [1.54, 1.807) is 6.07 Å². The summed E-state index contributed by atoms with van der Waals surface area (Å²) in [5, 5.41) is 13.4. The fraction of sp³-hybridized carbons (Fsp3) is 0.400. The Morgan fingerprint density at radius 2 is 2.00 bits per heavy atom. The first-order valence-corrected chi connectivity index (χ1v) is 9.69. The minimum Gasteiger partial charge on any atom is -0.508 e. The highest BCUT2D eigenvalue weighted by molar-refractivity contribution is 6.08. The van der Waals surface area contributed by atoms with Crippen LogP contribution < -0.4 is 10.7 Å². The molecule has 4 rings (SSSR count). The molecule has 1 aliphatic heterocycles.